The Bertz CT molecular complexity index is 765. The van der Waals surface area contributed by atoms with Crippen LogP contribution in [0, 0.1) is 0 Å². The summed E-state index contributed by atoms with van der Waals surface area (Å²) in [5.74, 6) is 1.04. The van der Waals surface area contributed by atoms with E-state index in [-0.39, 0.29) is 5.91 Å². The first-order valence-corrected chi connectivity index (χ1v) is 8.92. The minimum Gasteiger partial charge on any atom is -0.381 e. The van der Waals surface area contributed by atoms with Crippen molar-refractivity contribution in [3.05, 3.63) is 36.4 Å². The lowest BCUT2D eigenvalue weighted by Crippen LogP contribution is -2.61. The van der Waals surface area contributed by atoms with Gasteiger partial charge in [0.1, 0.15) is 5.82 Å². The Labute approximate surface area is 147 Å². The first kappa shape index (κ1) is 16.3. The number of fused-ring (bicyclic) bond motifs is 1. The van der Waals surface area contributed by atoms with E-state index in [9.17, 15) is 4.79 Å². The van der Waals surface area contributed by atoms with Gasteiger partial charge in [-0.3, -0.25) is 4.79 Å². The zero-order valence-electron chi connectivity index (χ0n) is 14.4. The first-order chi connectivity index (χ1) is 12.2. The van der Waals surface area contributed by atoms with E-state index < -0.39 is 5.54 Å². The molecule has 1 aromatic carbocycles. The first-order valence-electron chi connectivity index (χ1n) is 8.92. The van der Waals surface area contributed by atoms with Crippen LogP contribution in [0.5, 0.6) is 0 Å². The molecule has 2 aromatic rings. The molecule has 3 heterocycles. The van der Waals surface area contributed by atoms with Crippen LogP contribution in [0.15, 0.2) is 36.4 Å². The van der Waals surface area contributed by atoms with Gasteiger partial charge in [-0.1, -0.05) is 18.2 Å². The normalized spacial score (nSPS) is 20.7. The van der Waals surface area contributed by atoms with Gasteiger partial charge in [-0.2, -0.15) is 0 Å². The second-order valence-corrected chi connectivity index (χ2v) is 6.91. The summed E-state index contributed by atoms with van der Waals surface area (Å²) in [6, 6.07) is 12.3. The van der Waals surface area contributed by atoms with Crippen LogP contribution in [-0.2, 0) is 9.53 Å². The number of para-hydroxylation sites is 1. The number of nitrogens with zero attached hydrogens (tertiary/aromatic N) is 3. The highest BCUT2D eigenvalue weighted by molar-refractivity contribution is 5.86. The molecule has 1 aromatic heterocycles. The van der Waals surface area contributed by atoms with E-state index in [4.69, 9.17) is 15.5 Å². The van der Waals surface area contributed by atoms with Gasteiger partial charge in [0.05, 0.1) is 11.1 Å². The van der Waals surface area contributed by atoms with Crippen LogP contribution < -0.4 is 10.6 Å². The molecule has 2 aliphatic heterocycles. The molecular weight excluding hydrogens is 316 g/mol. The molecule has 2 N–H and O–H groups in total. The molecule has 6 heteroatoms. The van der Waals surface area contributed by atoms with Crippen molar-refractivity contribution >= 4 is 22.6 Å². The number of carbonyl (C=O) groups excluding carboxylic acids is 1. The van der Waals surface area contributed by atoms with Crippen molar-refractivity contribution in [2.75, 3.05) is 44.3 Å². The summed E-state index contributed by atoms with van der Waals surface area (Å²) in [7, 11) is 0. The molecular formula is C19H24N4O2. The standard InChI is InChI=1S/C19H24N4O2/c20-19(7-13-25-14-8-19)18(24)23-11-9-22(10-12-23)17-6-5-15-3-1-2-4-16(15)21-17/h1-6H,7-14,20H2. The van der Waals surface area contributed by atoms with Crippen molar-refractivity contribution in [2.45, 2.75) is 18.4 Å². The van der Waals surface area contributed by atoms with E-state index in [0.717, 1.165) is 29.8 Å². The predicted molar refractivity (Wildman–Crippen MR) is 97.5 cm³/mol. The molecule has 132 valence electrons. The van der Waals surface area contributed by atoms with E-state index >= 15 is 0 Å². The average molecular weight is 340 g/mol. The average Bonchev–Trinajstić information content (AvgIpc) is 2.68. The molecule has 0 unspecified atom stereocenters. The second-order valence-electron chi connectivity index (χ2n) is 6.91. The number of rotatable bonds is 2. The number of carbonyl (C=O) groups is 1. The van der Waals surface area contributed by atoms with Crippen molar-refractivity contribution in [3.63, 3.8) is 0 Å². The van der Waals surface area contributed by atoms with Gasteiger partial charge in [-0.25, -0.2) is 4.98 Å². The van der Waals surface area contributed by atoms with Gasteiger partial charge in [0.15, 0.2) is 0 Å². The summed E-state index contributed by atoms with van der Waals surface area (Å²) in [6.07, 6.45) is 1.22. The Hall–Kier alpha value is -2.18. The Morgan fingerprint density at radius 1 is 1.04 bits per heavy atom. The number of anilines is 1. The lowest BCUT2D eigenvalue weighted by molar-refractivity contribution is -0.140. The van der Waals surface area contributed by atoms with E-state index in [2.05, 4.69) is 23.1 Å². The Kier molecular flexibility index (Phi) is 4.31. The van der Waals surface area contributed by atoms with Crippen LogP contribution in [-0.4, -0.2) is 60.7 Å². The summed E-state index contributed by atoms with van der Waals surface area (Å²) < 4.78 is 5.35. The maximum atomic E-state index is 12.8. The minimum atomic E-state index is -0.748. The quantitative estimate of drug-likeness (QED) is 0.894. The Balaban J connectivity index is 1.42. The molecule has 0 aliphatic carbocycles. The monoisotopic (exact) mass is 340 g/mol. The van der Waals surface area contributed by atoms with E-state index in [1.807, 2.05) is 23.1 Å². The number of piperazine rings is 1. The number of benzene rings is 1. The van der Waals surface area contributed by atoms with Gasteiger partial charge < -0.3 is 20.3 Å². The molecule has 2 saturated heterocycles. The molecule has 0 spiro atoms. The van der Waals surface area contributed by atoms with Gasteiger partial charge in [0.25, 0.3) is 0 Å². The third-order valence-electron chi connectivity index (χ3n) is 5.29. The molecule has 0 bridgehead atoms. The predicted octanol–water partition coefficient (Wildman–Crippen LogP) is 1.39. The zero-order valence-corrected chi connectivity index (χ0v) is 14.4. The number of hydrogen-bond donors (Lipinski definition) is 1. The molecule has 0 atom stereocenters. The second kappa shape index (κ2) is 6.61. The highest BCUT2D eigenvalue weighted by Gasteiger charge is 2.39. The molecule has 2 fully saturated rings. The summed E-state index contributed by atoms with van der Waals surface area (Å²) in [5, 5.41) is 1.14. The van der Waals surface area contributed by atoms with Gasteiger partial charge in [-0.05, 0) is 31.0 Å². The molecule has 6 nitrogen and oxygen atoms in total. The number of aromatic nitrogens is 1. The Morgan fingerprint density at radius 2 is 1.76 bits per heavy atom. The van der Waals surface area contributed by atoms with E-state index in [0.29, 0.717) is 39.1 Å². The lowest BCUT2D eigenvalue weighted by atomic mass is 9.89. The fourth-order valence-electron chi connectivity index (χ4n) is 3.63. The molecule has 2 aliphatic rings. The third-order valence-corrected chi connectivity index (χ3v) is 5.29. The molecule has 0 saturated carbocycles. The SMILES string of the molecule is NC1(C(=O)N2CCN(c3ccc4ccccc4n3)CC2)CCOCC1. The van der Waals surface area contributed by atoms with Gasteiger partial charge in [-0.15, -0.1) is 0 Å². The number of ether oxygens (including phenoxy) is 1. The largest absolute Gasteiger partial charge is 0.381 e. The van der Waals surface area contributed by atoms with Gasteiger partial charge >= 0.3 is 0 Å². The summed E-state index contributed by atoms with van der Waals surface area (Å²) >= 11 is 0. The lowest BCUT2D eigenvalue weighted by Gasteiger charge is -2.41. The van der Waals surface area contributed by atoms with Crippen molar-refractivity contribution in [3.8, 4) is 0 Å². The highest BCUT2D eigenvalue weighted by Crippen LogP contribution is 2.23. The third kappa shape index (κ3) is 3.19. The van der Waals surface area contributed by atoms with Crippen molar-refractivity contribution in [2.24, 2.45) is 5.73 Å². The smallest absolute Gasteiger partial charge is 0.242 e. The number of nitrogens with two attached hydrogens (primary N) is 1. The van der Waals surface area contributed by atoms with Crippen LogP contribution in [0.25, 0.3) is 10.9 Å². The van der Waals surface area contributed by atoms with E-state index in [1.54, 1.807) is 0 Å². The van der Waals surface area contributed by atoms with Crippen molar-refractivity contribution < 1.29 is 9.53 Å². The summed E-state index contributed by atoms with van der Waals surface area (Å²) in [6.45, 7) is 4.08. The van der Waals surface area contributed by atoms with Crippen LogP contribution in [0.4, 0.5) is 5.82 Å². The number of pyridine rings is 1. The molecule has 0 radical (unpaired) electrons. The van der Waals surface area contributed by atoms with Crippen LogP contribution in [0.1, 0.15) is 12.8 Å². The molecule has 1 amide bonds. The van der Waals surface area contributed by atoms with Crippen LogP contribution >= 0.6 is 0 Å². The molecule has 25 heavy (non-hydrogen) atoms. The van der Waals surface area contributed by atoms with Crippen molar-refractivity contribution in [1.29, 1.82) is 0 Å². The highest BCUT2D eigenvalue weighted by atomic mass is 16.5. The van der Waals surface area contributed by atoms with Crippen LogP contribution in [0.3, 0.4) is 0 Å². The zero-order chi connectivity index (χ0) is 17.3. The van der Waals surface area contributed by atoms with Crippen LogP contribution in [0.2, 0.25) is 0 Å². The van der Waals surface area contributed by atoms with Gasteiger partial charge in [0.2, 0.25) is 5.91 Å². The topological polar surface area (TPSA) is 71.7 Å². The fraction of sp³-hybridized carbons (Fsp3) is 0.474. The maximum Gasteiger partial charge on any atom is 0.242 e. The Morgan fingerprint density at radius 3 is 2.52 bits per heavy atom. The van der Waals surface area contributed by atoms with Crippen molar-refractivity contribution in [1.82, 2.24) is 9.88 Å². The van der Waals surface area contributed by atoms with E-state index in [1.165, 1.54) is 0 Å². The maximum absolute atomic E-state index is 12.8. The number of hydrogen-bond acceptors (Lipinski definition) is 5. The summed E-state index contributed by atoms with van der Waals surface area (Å²) in [5.41, 5.74) is 6.60. The van der Waals surface area contributed by atoms with Gasteiger partial charge in [0, 0.05) is 44.8 Å². The molecule has 4 rings (SSSR count). The minimum absolute atomic E-state index is 0.0712. The number of amides is 1. The summed E-state index contributed by atoms with van der Waals surface area (Å²) in [4.78, 5) is 21.7. The fourth-order valence-corrected chi connectivity index (χ4v) is 3.63.